The Hall–Kier alpha value is -3.19. The molecule has 1 aliphatic heterocycles. The Bertz CT molecular complexity index is 1160. The van der Waals surface area contributed by atoms with E-state index in [4.69, 9.17) is 14.2 Å². The monoisotopic (exact) mass is 411 g/mol. The lowest BCUT2D eigenvalue weighted by Crippen LogP contribution is -2.34. The fourth-order valence-electron chi connectivity index (χ4n) is 3.52. The van der Waals surface area contributed by atoms with E-state index in [0.717, 1.165) is 11.1 Å². The summed E-state index contributed by atoms with van der Waals surface area (Å²) in [6.45, 7) is 0.205. The first-order chi connectivity index (χ1) is 14.0. The Morgan fingerprint density at radius 3 is 2.14 bits per heavy atom. The van der Waals surface area contributed by atoms with Crippen molar-refractivity contribution in [2.75, 3.05) is 25.6 Å². The molecule has 0 aliphatic carbocycles. The molecule has 0 atom stereocenters. The Balaban J connectivity index is 1.98. The van der Waals surface area contributed by atoms with Crippen LogP contribution in [0.4, 0.5) is 5.69 Å². The lowest BCUT2D eigenvalue weighted by Gasteiger charge is -2.33. The molecule has 3 aromatic rings. The van der Waals surface area contributed by atoms with E-state index in [-0.39, 0.29) is 11.4 Å². The van der Waals surface area contributed by atoms with Crippen LogP contribution in [0.2, 0.25) is 0 Å². The smallest absolute Gasteiger partial charge is 0.265 e. The molecule has 0 saturated carbocycles. The van der Waals surface area contributed by atoms with Crippen LogP contribution in [0, 0.1) is 0 Å². The Kier molecular flexibility index (Phi) is 4.84. The molecular weight excluding hydrogens is 390 g/mol. The summed E-state index contributed by atoms with van der Waals surface area (Å²) in [6.07, 6.45) is 0. The molecule has 7 heteroatoms. The van der Waals surface area contributed by atoms with Crippen molar-refractivity contribution in [3.05, 3.63) is 66.2 Å². The number of anilines is 1. The number of benzene rings is 3. The largest absolute Gasteiger partial charge is 0.497 e. The Morgan fingerprint density at radius 2 is 1.48 bits per heavy atom. The van der Waals surface area contributed by atoms with Gasteiger partial charge in [0.05, 0.1) is 38.5 Å². The van der Waals surface area contributed by atoms with Crippen LogP contribution in [0.25, 0.3) is 11.1 Å². The third kappa shape index (κ3) is 3.17. The lowest BCUT2D eigenvalue weighted by atomic mass is 10.0. The lowest BCUT2D eigenvalue weighted by molar-refractivity contribution is 0.354. The van der Waals surface area contributed by atoms with Crippen molar-refractivity contribution in [3.8, 4) is 28.4 Å². The fourth-order valence-corrected chi connectivity index (χ4v) is 5.19. The van der Waals surface area contributed by atoms with E-state index in [0.29, 0.717) is 28.5 Å². The van der Waals surface area contributed by atoms with Gasteiger partial charge in [0, 0.05) is 23.3 Å². The van der Waals surface area contributed by atoms with Gasteiger partial charge >= 0.3 is 0 Å². The van der Waals surface area contributed by atoms with Gasteiger partial charge in [-0.25, -0.2) is 8.42 Å². The molecule has 1 heterocycles. The van der Waals surface area contributed by atoms with Crippen LogP contribution in [-0.4, -0.2) is 29.7 Å². The van der Waals surface area contributed by atoms with Gasteiger partial charge in [0.2, 0.25) is 0 Å². The average molecular weight is 411 g/mol. The number of hydrogen-bond donors (Lipinski definition) is 0. The maximum atomic E-state index is 13.6. The normalized spacial score (nSPS) is 14.0. The molecule has 0 unspecified atom stereocenters. The van der Waals surface area contributed by atoms with Gasteiger partial charge in [-0.1, -0.05) is 30.3 Å². The molecule has 0 amide bonds. The summed E-state index contributed by atoms with van der Waals surface area (Å²) < 4.78 is 44.8. The van der Waals surface area contributed by atoms with Crippen molar-refractivity contribution < 1.29 is 22.6 Å². The van der Waals surface area contributed by atoms with Crippen LogP contribution in [-0.2, 0) is 16.6 Å². The van der Waals surface area contributed by atoms with Crippen molar-refractivity contribution in [2.45, 2.75) is 11.4 Å². The van der Waals surface area contributed by atoms with Gasteiger partial charge in [-0.2, -0.15) is 0 Å². The summed E-state index contributed by atoms with van der Waals surface area (Å²) in [7, 11) is 0.736. The quantitative estimate of drug-likeness (QED) is 0.633. The molecule has 1 aliphatic rings. The first kappa shape index (κ1) is 19.1. The molecule has 0 spiro atoms. The van der Waals surface area contributed by atoms with E-state index in [1.165, 1.54) is 24.6 Å². The highest BCUT2D eigenvalue weighted by Crippen LogP contribution is 2.48. The third-order valence-electron chi connectivity index (χ3n) is 4.99. The number of hydrogen-bond acceptors (Lipinski definition) is 5. The first-order valence-corrected chi connectivity index (χ1v) is 10.4. The molecule has 3 aromatic carbocycles. The minimum absolute atomic E-state index is 0.184. The van der Waals surface area contributed by atoms with E-state index in [2.05, 4.69) is 0 Å². The molecule has 0 fully saturated rings. The van der Waals surface area contributed by atoms with Gasteiger partial charge in [0.15, 0.2) is 11.5 Å². The van der Waals surface area contributed by atoms with Gasteiger partial charge in [-0.3, -0.25) is 4.31 Å². The van der Waals surface area contributed by atoms with E-state index in [9.17, 15) is 8.42 Å². The summed E-state index contributed by atoms with van der Waals surface area (Å²) >= 11 is 0. The minimum atomic E-state index is -3.83. The van der Waals surface area contributed by atoms with Gasteiger partial charge in [-0.05, 0) is 23.8 Å². The number of rotatable bonds is 5. The van der Waals surface area contributed by atoms with Crippen molar-refractivity contribution in [1.29, 1.82) is 0 Å². The van der Waals surface area contributed by atoms with E-state index in [1.807, 2.05) is 42.5 Å². The summed E-state index contributed by atoms with van der Waals surface area (Å²) in [6, 6.07) is 18.1. The van der Waals surface area contributed by atoms with Crippen LogP contribution in [0.5, 0.6) is 17.2 Å². The number of nitrogens with zero attached hydrogens (tertiary/aromatic N) is 1. The first-order valence-electron chi connectivity index (χ1n) is 9.00. The Morgan fingerprint density at radius 1 is 0.793 bits per heavy atom. The molecule has 0 aromatic heterocycles. The molecule has 4 rings (SSSR count). The molecule has 0 radical (unpaired) electrons. The molecule has 0 N–H and O–H groups in total. The predicted molar refractivity (Wildman–Crippen MR) is 111 cm³/mol. The van der Waals surface area contributed by atoms with Crippen molar-refractivity contribution in [3.63, 3.8) is 0 Å². The highest BCUT2D eigenvalue weighted by Gasteiger charge is 2.36. The van der Waals surface area contributed by atoms with Gasteiger partial charge in [0.25, 0.3) is 10.0 Å². The SMILES string of the molecule is COc1ccc2c(c1)N(Cc1ccccc1)S(=O)(=O)c1cc(OC)c(OC)cc1-2. The summed E-state index contributed by atoms with van der Waals surface area (Å²) in [4.78, 5) is 0.184. The zero-order valence-corrected chi connectivity index (χ0v) is 17.2. The maximum Gasteiger partial charge on any atom is 0.265 e. The van der Waals surface area contributed by atoms with Crippen LogP contribution >= 0.6 is 0 Å². The second-order valence-electron chi connectivity index (χ2n) is 6.58. The van der Waals surface area contributed by atoms with Crippen molar-refractivity contribution in [1.82, 2.24) is 0 Å². The van der Waals surface area contributed by atoms with Crippen molar-refractivity contribution in [2.24, 2.45) is 0 Å². The molecule has 0 bridgehead atoms. The van der Waals surface area contributed by atoms with E-state index < -0.39 is 10.0 Å². The molecule has 6 nitrogen and oxygen atoms in total. The third-order valence-corrected chi connectivity index (χ3v) is 6.79. The van der Waals surface area contributed by atoms with Crippen LogP contribution in [0.15, 0.2) is 65.6 Å². The van der Waals surface area contributed by atoms with Gasteiger partial charge in [-0.15, -0.1) is 0 Å². The summed E-state index contributed by atoms with van der Waals surface area (Å²) in [5, 5.41) is 0. The van der Waals surface area contributed by atoms with Gasteiger partial charge < -0.3 is 14.2 Å². The van der Waals surface area contributed by atoms with Crippen LogP contribution in [0.1, 0.15) is 5.56 Å². The average Bonchev–Trinajstić information content (AvgIpc) is 2.76. The molecule has 0 saturated heterocycles. The zero-order chi connectivity index (χ0) is 20.6. The minimum Gasteiger partial charge on any atom is -0.497 e. The molecule has 150 valence electrons. The second-order valence-corrected chi connectivity index (χ2v) is 8.41. The zero-order valence-electron chi connectivity index (χ0n) is 16.4. The van der Waals surface area contributed by atoms with E-state index in [1.54, 1.807) is 19.2 Å². The standard InChI is InChI=1S/C22H21NO5S/c1-26-16-9-10-17-18-12-20(27-2)21(28-3)13-22(18)29(24,25)23(19(17)11-16)14-15-7-5-4-6-8-15/h4-13H,14H2,1-3H3. The number of sulfonamides is 1. The highest BCUT2D eigenvalue weighted by atomic mass is 32.2. The number of ether oxygens (including phenoxy) is 3. The van der Waals surface area contributed by atoms with E-state index >= 15 is 0 Å². The van der Waals surface area contributed by atoms with Crippen LogP contribution < -0.4 is 18.5 Å². The number of fused-ring (bicyclic) bond motifs is 3. The fraction of sp³-hybridized carbons (Fsp3) is 0.182. The number of methoxy groups -OCH3 is 3. The Labute approximate surface area is 170 Å². The topological polar surface area (TPSA) is 65.1 Å². The summed E-state index contributed by atoms with van der Waals surface area (Å²) in [5.41, 5.74) is 2.80. The van der Waals surface area contributed by atoms with Gasteiger partial charge in [0.1, 0.15) is 5.75 Å². The maximum absolute atomic E-state index is 13.6. The second kappa shape index (κ2) is 7.33. The molecular formula is C22H21NO5S. The molecule has 29 heavy (non-hydrogen) atoms. The highest BCUT2D eigenvalue weighted by molar-refractivity contribution is 7.93. The summed E-state index contributed by atoms with van der Waals surface area (Å²) in [5.74, 6) is 1.42. The predicted octanol–water partition coefficient (Wildman–Crippen LogP) is 4.09. The van der Waals surface area contributed by atoms with Crippen LogP contribution in [0.3, 0.4) is 0 Å². The van der Waals surface area contributed by atoms with Crippen molar-refractivity contribution >= 4 is 15.7 Å².